The number of aliphatic hydroxyl groups is 1. The number of hydrogen-bond acceptors (Lipinski definition) is 6. The van der Waals surface area contributed by atoms with Gasteiger partial charge in [0.2, 0.25) is 0 Å². The number of ether oxygens (including phenoxy) is 3. The Morgan fingerprint density at radius 2 is 1.58 bits per heavy atom. The third kappa shape index (κ3) is 6.82. The van der Waals surface area contributed by atoms with Crippen LogP contribution in [0.25, 0.3) is 5.76 Å². The van der Waals surface area contributed by atoms with Gasteiger partial charge in [0.05, 0.1) is 12.2 Å². The van der Waals surface area contributed by atoms with Crippen molar-refractivity contribution < 1.29 is 55.2 Å². The zero-order valence-corrected chi connectivity index (χ0v) is 17.1. The van der Waals surface area contributed by atoms with E-state index in [4.69, 9.17) is 0 Å². The summed E-state index contributed by atoms with van der Waals surface area (Å²) in [5.41, 5.74) is -8.64. The van der Waals surface area contributed by atoms with Gasteiger partial charge < -0.3 is 19.3 Å². The molecule has 1 aromatic carbocycles. The number of halogens is 8. The second kappa shape index (κ2) is 10.3. The van der Waals surface area contributed by atoms with E-state index in [2.05, 4.69) is 37.4 Å². The molecule has 0 aromatic heterocycles. The number of carbonyl (C=O) groups excluding carboxylic acids is 2. The van der Waals surface area contributed by atoms with Crippen LogP contribution in [0.2, 0.25) is 0 Å². The van der Waals surface area contributed by atoms with E-state index in [0.29, 0.717) is 12.1 Å². The lowest BCUT2D eigenvalue weighted by Gasteiger charge is -2.22. The summed E-state index contributed by atoms with van der Waals surface area (Å²) in [5.74, 6) is -5.95. The molecule has 0 aliphatic carbocycles. The van der Waals surface area contributed by atoms with Crippen LogP contribution in [0, 0.1) is 0 Å². The van der Waals surface area contributed by atoms with Crippen molar-refractivity contribution in [1.29, 1.82) is 0 Å². The highest BCUT2D eigenvalue weighted by atomic mass is 35.5. The molecular formula is C17H14Cl2F6O6. The maximum absolute atomic E-state index is 13.7. The van der Waals surface area contributed by atoms with E-state index in [-0.39, 0.29) is 12.7 Å². The van der Waals surface area contributed by atoms with Crippen molar-refractivity contribution in [3.63, 3.8) is 0 Å². The van der Waals surface area contributed by atoms with E-state index < -0.39 is 63.6 Å². The second-order valence-electron chi connectivity index (χ2n) is 5.59. The van der Waals surface area contributed by atoms with Gasteiger partial charge in [-0.2, -0.15) is 17.6 Å². The Kier molecular flexibility index (Phi) is 8.88. The number of hydrogen-bond donors (Lipinski definition) is 1. The summed E-state index contributed by atoms with van der Waals surface area (Å²) in [5, 5.41) is 10.3. The van der Waals surface area contributed by atoms with E-state index >= 15 is 0 Å². The summed E-state index contributed by atoms with van der Waals surface area (Å²) in [6, 6.07) is 1.48. The Hall–Kier alpha value is -2.34. The predicted octanol–water partition coefficient (Wildman–Crippen LogP) is 5.12. The van der Waals surface area contributed by atoms with Crippen LogP contribution >= 0.6 is 23.2 Å². The Bertz CT molecular complexity index is 860. The van der Waals surface area contributed by atoms with Gasteiger partial charge in [0.15, 0.2) is 5.78 Å². The maximum Gasteiger partial charge on any atom is 0.444 e. The molecule has 0 fully saturated rings. The van der Waals surface area contributed by atoms with E-state index in [9.17, 15) is 41.0 Å². The fourth-order valence-electron chi connectivity index (χ4n) is 1.98. The topological polar surface area (TPSA) is 82.1 Å². The van der Waals surface area contributed by atoms with Crippen LogP contribution < -0.4 is 9.47 Å². The molecule has 0 radical (unpaired) electrons. The summed E-state index contributed by atoms with van der Waals surface area (Å²) >= 11 is 9.31. The highest BCUT2D eigenvalue weighted by Crippen LogP contribution is 2.38. The molecule has 0 heterocycles. The smallest absolute Gasteiger partial charge is 0.444 e. The molecule has 6 nitrogen and oxygen atoms in total. The number of benzene rings is 1. The van der Waals surface area contributed by atoms with Gasteiger partial charge in [0.25, 0.3) is 11.3 Å². The van der Waals surface area contributed by atoms with Crippen molar-refractivity contribution in [2.75, 3.05) is 6.61 Å². The van der Waals surface area contributed by atoms with Crippen molar-refractivity contribution >= 4 is 40.7 Å². The fraction of sp³-hybridized carbons (Fsp3) is 0.412. The highest BCUT2D eigenvalue weighted by molar-refractivity contribution is 6.21. The van der Waals surface area contributed by atoms with Crippen LogP contribution in [0.15, 0.2) is 23.8 Å². The minimum absolute atomic E-state index is 0.231. The van der Waals surface area contributed by atoms with E-state index in [1.807, 2.05) is 0 Å². The van der Waals surface area contributed by atoms with Gasteiger partial charge in [0.1, 0.15) is 22.8 Å². The zero-order valence-electron chi connectivity index (χ0n) is 15.6. The van der Waals surface area contributed by atoms with Crippen LogP contribution in [-0.4, -0.2) is 46.9 Å². The number of aliphatic hydroxyl groups excluding tert-OH is 1. The Labute approximate surface area is 181 Å². The molecular weight excluding hydrogens is 485 g/mol. The lowest BCUT2D eigenvalue weighted by molar-refractivity contribution is -0.202. The molecule has 2 atom stereocenters. The van der Waals surface area contributed by atoms with Crippen molar-refractivity contribution in [3.05, 3.63) is 29.3 Å². The summed E-state index contributed by atoms with van der Waals surface area (Å²) in [6.07, 6.45) is -9.39. The minimum Gasteiger partial charge on any atom is -0.506 e. The summed E-state index contributed by atoms with van der Waals surface area (Å²) in [6.45, 7) is 1.96. The molecule has 0 saturated heterocycles. The van der Waals surface area contributed by atoms with Gasteiger partial charge in [-0.3, -0.25) is 4.79 Å². The van der Waals surface area contributed by atoms with Crippen LogP contribution in [-0.2, 0) is 14.3 Å². The molecule has 1 aromatic rings. The maximum atomic E-state index is 13.7. The van der Waals surface area contributed by atoms with Crippen LogP contribution in [0.1, 0.15) is 19.4 Å². The lowest BCUT2D eigenvalue weighted by atomic mass is 10.0. The Morgan fingerprint density at radius 3 is 2.03 bits per heavy atom. The van der Waals surface area contributed by atoms with Crippen molar-refractivity contribution in [1.82, 2.24) is 0 Å². The normalized spacial score (nSPS) is 14.9. The first kappa shape index (κ1) is 26.7. The Morgan fingerprint density at radius 1 is 1.06 bits per heavy atom. The van der Waals surface area contributed by atoms with Crippen LogP contribution in [0.5, 0.6) is 11.5 Å². The number of Topliss-reactive ketones (excluding diaryl/α,β-unsaturated/α-hetero) is 1. The molecule has 0 amide bonds. The highest BCUT2D eigenvalue weighted by Gasteiger charge is 2.44. The van der Waals surface area contributed by atoms with Gasteiger partial charge in [-0.1, -0.05) is 23.2 Å². The molecule has 1 N–H and O–H groups in total. The average molecular weight is 499 g/mol. The first-order valence-corrected chi connectivity index (χ1v) is 8.97. The van der Waals surface area contributed by atoms with Crippen LogP contribution in [0.4, 0.5) is 26.3 Å². The van der Waals surface area contributed by atoms with Crippen molar-refractivity contribution in [2.24, 2.45) is 0 Å². The Balaban J connectivity index is 3.66. The first-order chi connectivity index (χ1) is 14.1. The fourth-order valence-corrected chi connectivity index (χ4v) is 2.07. The minimum atomic E-state index is -4.77. The SMILES string of the molecule is CCOC(=O)C(C(C)=O)=C(O)c1ccc(OC(F)(F)C(F)Cl)cc1OC(F)(F)C(F)Cl. The molecule has 0 aliphatic rings. The zero-order chi connectivity index (χ0) is 24.1. The van der Waals surface area contributed by atoms with Crippen molar-refractivity contribution in [2.45, 2.75) is 37.3 Å². The molecule has 174 valence electrons. The first-order valence-electron chi connectivity index (χ1n) is 8.09. The molecule has 1 rings (SSSR count). The second-order valence-corrected chi connectivity index (χ2v) is 6.35. The monoisotopic (exact) mass is 498 g/mol. The summed E-state index contributed by atoms with van der Waals surface area (Å²) in [4.78, 5) is 23.7. The van der Waals surface area contributed by atoms with Gasteiger partial charge in [-0.05, 0) is 26.0 Å². The van der Waals surface area contributed by atoms with Gasteiger partial charge in [-0.15, -0.1) is 0 Å². The molecule has 0 spiro atoms. The van der Waals surface area contributed by atoms with Crippen molar-refractivity contribution in [3.8, 4) is 11.5 Å². The third-order valence-corrected chi connectivity index (χ3v) is 3.79. The number of alkyl halides is 8. The number of ketones is 1. The molecule has 14 heteroatoms. The predicted molar refractivity (Wildman–Crippen MR) is 96.0 cm³/mol. The number of carbonyl (C=O) groups is 2. The molecule has 0 saturated carbocycles. The lowest BCUT2D eigenvalue weighted by Crippen LogP contribution is -2.34. The molecule has 0 bridgehead atoms. The number of rotatable bonds is 10. The quantitative estimate of drug-likeness (QED) is 0.0916. The largest absolute Gasteiger partial charge is 0.506 e. The van der Waals surface area contributed by atoms with Gasteiger partial charge in [-0.25, -0.2) is 13.6 Å². The summed E-state index contributed by atoms with van der Waals surface area (Å²) in [7, 11) is 0. The molecule has 31 heavy (non-hydrogen) atoms. The van der Waals surface area contributed by atoms with E-state index in [1.54, 1.807) is 0 Å². The summed E-state index contributed by atoms with van der Waals surface area (Å²) < 4.78 is 92.3. The number of esters is 1. The third-order valence-electron chi connectivity index (χ3n) is 3.28. The molecule has 2 unspecified atom stereocenters. The standard InChI is InChI=1S/C17H14Cl2F6O6/c1-3-29-13(28)11(7(2)26)12(27)9-5-4-8(30-16(22,23)14(18)20)6-10(9)31-17(24,25)15(19)21/h4-6,14-15,27H,3H2,1-2H3. The van der Waals surface area contributed by atoms with Gasteiger partial charge in [0, 0.05) is 6.07 Å². The van der Waals surface area contributed by atoms with Gasteiger partial charge >= 0.3 is 18.2 Å². The molecule has 0 aliphatic heterocycles. The average Bonchev–Trinajstić information content (AvgIpc) is 2.60. The van der Waals surface area contributed by atoms with E-state index in [0.717, 1.165) is 6.92 Å². The van der Waals surface area contributed by atoms with Crippen LogP contribution in [0.3, 0.4) is 0 Å². The van der Waals surface area contributed by atoms with E-state index in [1.165, 1.54) is 6.92 Å².